The summed E-state index contributed by atoms with van der Waals surface area (Å²) in [5, 5.41) is 0. The number of esters is 1. The van der Waals surface area contributed by atoms with E-state index >= 15 is 0 Å². The average Bonchev–Trinajstić information content (AvgIpc) is 2.82. The van der Waals surface area contributed by atoms with Crippen LogP contribution in [0.25, 0.3) is 6.08 Å². The molecule has 0 saturated carbocycles. The molecule has 1 aliphatic carbocycles. The molecule has 4 rings (SSSR count). The van der Waals surface area contributed by atoms with Crippen molar-refractivity contribution in [3.63, 3.8) is 0 Å². The summed E-state index contributed by atoms with van der Waals surface area (Å²) in [6.45, 7) is 12.8. The Bertz CT molecular complexity index is 1200. The molecular weight excluding hydrogens is 432 g/mol. The van der Waals surface area contributed by atoms with Crippen molar-refractivity contribution in [1.29, 1.82) is 0 Å². The molecule has 0 heterocycles. The van der Waals surface area contributed by atoms with Crippen LogP contribution in [0, 0.1) is 0 Å². The highest BCUT2D eigenvalue weighted by molar-refractivity contribution is 5.86. The monoisotopic (exact) mass is 468 g/mol. The number of carbonyl (C=O) groups excluding carboxylic acids is 1. The number of ether oxygens (including phenoxy) is 2. The molecule has 0 saturated heterocycles. The van der Waals surface area contributed by atoms with Gasteiger partial charge in [0.1, 0.15) is 11.5 Å². The number of hydrogen-bond acceptors (Lipinski definition) is 3. The van der Waals surface area contributed by atoms with E-state index in [1.165, 1.54) is 0 Å². The number of benzene rings is 3. The molecule has 0 radical (unpaired) electrons. The highest BCUT2D eigenvalue weighted by atomic mass is 16.5. The van der Waals surface area contributed by atoms with Gasteiger partial charge < -0.3 is 9.47 Å². The fourth-order valence-electron chi connectivity index (χ4n) is 4.82. The number of rotatable bonds is 4. The van der Waals surface area contributed by atoms with Gasteiger partial charge in [-0.3, -0.25) is 4.79 Å². The first-order chi connectivity index (χ1) is 16.5. The molecule has 3 aromatic carbocycles. The molecule has 1 aliphatic rings. The Morgan fingerprint density at radius 3 is 1.94 bits per heavy atom. The van der Waals surface area contributed by atoms with Gasteiger partial charge in [-0.05, 0) is 39.7 Å². The Hall–Kier alpha value is -3.33. The second kappa shape index (κ2) is 9.37. The van der Waals surface area contributed by atoms with Crippen LogP contribution in [0.4, 0.5) is 0 Å². The molecule has 0 unspecified atom stereocenters. The minimum atomic E-state index is -0.443. The maximum absolute atomic E-state index is 14.1. The second-order valence-electron chi connectivity index (χ2n) is 11.4. The molecule has 3 aromatic rings. The van der Waals surface area contributed by atoms with E-state index < -0.39 is 5.92 Å². The van der Waals surface area contributed by atoms with E-state index in [2.05, 4.69) is 71.9 Å². The maximum atomic E-state index is 14.1. The third kappa shape index (κ3) is 5.05. The molecule has 0 aliphatic heterocycles. The Balaban J connectivity index is 1.85. The molecule has 182 valence electrons. The topological polar surface area (TPSA) is 35.5 Å². The minimum Gasteiger partial charge on any atom is -0.497 e. The summed E-state index contributed by atoms with van der Waals surface area (Å²) >= 11 is 0. The van der Waals surface area contributed by atoms with Crippen molar-refractivity contribution in [2.75, 3.05) is 7.11 Å². The van der Waals surface area contributed by atoms with Gasteiger partial charge in [-0.25, -0.2) is 0 Å². The molecule has 3 nitrogen and oxygen atoms in total. The number of allylic oxidation sites excluding steroid dienone is 1. The Morgan fingerprint density at radius 2 is 1.37 bits per heavy atom. The van der Waals surface area contributed by atoms with E-state index in [1.54, 1.807) is 7.11 Å². The highest BCUT2D eigenvalue weighted by Gasteiger charge is 2.37. The van der Waals surface area contributed by atoms with Crippen LogP contribution in [0.2, 0.25) is 0 Å². The highest BCUT2D eigenvalue weighted by Crippen LogP contribution is 2.45. The van der Waals surface area contributed by atoms with Crippen molar-refractivity contribution >= 4 is 12.0 Å². The van der Waals surface area contributed by atoms with Gasteiger partial charge in [0.2, 0.25) is 0 Å². The average molecular weight is 469 g/mol. The first-order valence-corrected chi connectivity index (χ1v) is 12.3. The summed E-state index contributed by atoms with van der Waals surface area (Å²) in [5.41, 5.74) is 4.60. The molecular formula is C32H36O3. The summed E-state index contributed by atoms with van der Waals surface area (Å²) in [5.74, 6) is 0.633. The van der Waals surface area contributed by atoms with Crippen molar-refractivity contribution in [2.45, 2.75) is 64.2 Å². The van der Waals surface area contributed by atoms with Gasteiger partial charge in [0.05, 0.1) is 13.0 Å². The molecule has 2 atom stereocenters. The van der Waals surface area contributed by atoms with Crippen LogP contribution < -0.4 is 9.47 Å². The Morgan fingerprint density at radius 1 is 0.800 bits per heavy atom. The van der Waals surface area contributed by atoms with Crippen LogP contribution in [0.5, 0.6) is 11.5 Å². The van der Waals surface area contributed by atoms with Gasteiger partial charge in [0.25, 0.3) is 0 Å². The fraction of sp³-hybridized carbons (Fsp3) is 0.344. The van der Waals surface area contributed by atoms with Crippen LogP contribution in [0.3, 0.4) is 0 Å². The summed E-state index contributed by atoms with van der Waals surface area (Å²) in [6.07, 6.45) is 4.25. The molecule has 0 N–H and O–H groups in total. The third-order valence-electron chi connectivity index (χ3n) is 6.73. The predicted octanol–water partition coefficient (Wildman–Crippen LogP) is 7.79. The fourth-order valence-corrected chi connectivity index (χ4v) is 4.82. The zero-order chi connectivity index (χ0) is 25.4. The standard InChI is InChI=1S/C32H36O3/c1-31(2,3)26-19-23(34-7)20-27(32(4,5)6)29(26)35-30(33)28-24-16-12-11-15-22(24)17-18-25(28)21-13-9-8-10-14-21/h8-20,25,28H,1-7H3/t25-,28+/m1/s1. The first kappa shape index (κ1) is 24.8. The summed E-state index contributed by atoms with van der Waals surface area (Å²) in [7, 11) is 1.68. The van der Waals surface area contributed by atoms with Gasteiger partial charge in [0.15, 0.2) is 0 Å². The first-order valence-electron chi connectivity index (χ1n) is 12.3. The van der Waals surface area contributed by atoms with Gasteiger partial charge in [-0.15, -0.1) is 0 Å². The second-order valence-corrected chi connectivity index (χ2v) is 11.4. The van der Waals surface area contributed by atoms with Gasteiger partial charge in [-0.1, -0.05) is 108 Å². The lowest BCUT2D eigenvalue weighted by Gasteiger charge is -2.32. The largest absolute Gasteiger partial charge is 0.497 e. The Kier molecular flexibility index (Phi) is 6.64. The van der Waals surface area contributed by atoms with Crippen molar-refractivity contribution in [1.82, 2.24) is 0 Å². The van der Waals surface area contributed by atoms with Crippen molar-refractivity contribution < 1.29 is 14.3 Å². The van der Waals surface area contributed by atoms with E-state index in [9.17, 15) is 4.79 Å². The molecule has 0 aromatic heterocycles. The van der Waals surface area contributed by atoms with E-state index in [0.717, 1.165) is 33.6 Å². The summed E-state index contributed by atoms with van der Waals surface area (Å²) in [4.78, 5) is 14.1. The number of hydrogen-bond donors (Lipinski definition) is 0. The van der Waals surface area contributed by atoms with E-state index in [1.807, 2.05) is 48.5 Å². The molecule has 35 heavy (non-hydrogen) atoms. The van der Waals surface area contributed by atoms with Crippen LogP contribution >= 0.6 is 0 Å². The van der Waals surface area contributed by atoms with Gasteiger partial charge in [0, 0.05) is 17.0 Å². The molecule has 0 bridgehead atoms. The maximum Gasteiger partial charge on any atom is 0.319 e. The SMILES string of the molecule is COc1cc(C(C)(C)C)c(OC(=O)[C@H]2c3ccccc3C=C[C@@H]2c2ccccc2)c(C(C)(C)C)c1. The summed E-state index contributed by atoms with van der Waals surface area (Å²) in [6, 6.07) is 22.3. The van der Waals surface area contributed by atoms with Crippen LogP contribution in [-0.4, -0.2) is 13.1 Å². The lowest BCUT2D eigenvalue weighted by Crippen LogP contribution is -2.29. The van der Waals surface area contributed by atoms with Crippen LogP contribution in [0.1, 0.15) is 81.2 Å². The number of methoxy groups -OCH3 is 1. The minimum absolute atomic E-state index is 0.104. The Labute approximate surface area is 209 Å². The molecule has 0 spiro atoms. The normalized spacial score (nSPS) is 17.6. The molecule has 0 amide bonds. The van der Waals surface area contributed by atoms with Crippen LogP contribution in [-0.2, 0) is 15.6 Å². The van der Waals surface area contributed by atoms with Gasteiger partial charge in [-0.2, -0.15) is 0 Å². The summed E-state index contributed by atoms with van der Waals surface area (Å²) < 4.78 is 12.1. The van der Waals surface area contributed by atoms with Crippen molar-refractivity contribution in [3.8, 4) is 11.5 Å². The van der Waals surface area contributed by atoms with E-state index in [0.29, 0.717) is 5.75 Å². The lowest BCUT2D eigenvalue weighted by atomic mass is 9.75. The molecule has 0 fully saturated rings. The third-order valence-corrected chi connectivity index (χ3v) is 6.73. The zero-order valence-electron chi connectivity index (χ0n) is 21.9. The quantitative estimate of drug-likeness (QED) is 0.290. The lowest BCUT2D eigenvalue weighted by molar-refractivity contribution is -0.136. The molecule has 3 heteroatoms. The zero-order valence-corrected chi connectivity index (χ0v) is 21.9. The van der Waals surface area contributed by atoms with Crippen molar-refractivity contribution in [3.05, 3.63) is 101 Å². The van der Waals surface area contributed by atoms with E-state index in [4.69, 9.17) is 9.47 Å². The number of fused-ring (bicyclic) bond motifs is 1. The smallest absolute Gasteiger partial charge is 0.319 e. The number of carbonyl (C=O) groups is 1. The van der Waals surface area contributed by atoms with Crippen LogP contribution in [0.15, 0.2) is 72.8 Å². The van der Waals surface area contributed by atoms with E-state index in [-0.39, 0.29) is 22.7 Å². The van der Waals surface area contributed by atoms with Gasteiger partial charge >= 0.3 is 5.97 Å². The predicted molar refractivity (Wildman–Crippen MR) is 143 cm³/mol. The van der Waals surface area contributed by atoms with Crippen molar-refractivity contribution in [2.24, 2.45) is 0 Å².